The lowest BCUT2D eigenvalue weighted by molar-refractivity contribution is 0.0708. The lowest BCUT2D eigenvalue weighted by Crippen LogP contribution is -2.36. The summed E-state index contributed by atoms with van der Waals surface area (Å²) < 4.78 is 4.81. The van der Waals surface area contributed by atoms with Crippen molar-refractivity contribution in [1.29, 1.82) is 0 Å². The van der Waals surface area contributed by atoms with Gasteiger partial charge in [-0.3, -0.25) is 4.79 Å². The fourth-order valence-corrected chi connectivity index (χ4v) is 1.87. The maximum atomic E-state index is 12.2. The van der Waals surface area contributed by atoms with Crippen LogP contribution in [-0.4, -0.2) is 45.8 Å². The number of aliphatic hydroxyl groups excluding tert-OH is 1. The van der Waals surface area contributed by atoms with Crippen molar-refractivity contribution in [2.24, 2.45) is 0 Å². The monoisotopic (exact) mass is 275 g/mol. The van der Waals surface area contributed by atoms with Crippen LogP contribution in [0.2, 0.25) is 0 Å². The predicted octanol–water partition coefficient (Wildman–Crippen LogP) is 1.06. The van der Waals surface area contributed by atoms with Crippen molar-refractivity contribution in [3.63, 3.8) is 0 Å². The Kier molecular flexibility index (Phi) is 4.84. The Labute approximate surface area is 117 Å². The molecule has 20 heavy (non-hydrogen) atoms. The predicted molar refractivity (Wildman–Crippen MR) is 72.2 cm³/mol. The summed E-state index contributed by atoms with van der Waals surface area (Å²) >= 11 is 0. The third kappa shape index (κ3) is 3.64. The van der Waals surface area contributed by atoms with Gasteiger partial charge in [-0.05, 0) is 12.0 Å². The number of rotatable bonds is 6. The largest absolute Gasteiger partial charge is 0.395 e. The van der Waals surface area contributed by atoms with E-state index in [0.717, 1.165) is 5.56 Å². The lowest BCUT2D eigenvalue weighted by Gasteiger charge is -2.19. The van der Waals surface area contributed by atoms with Gasteiger partial charge < -0.3 is 14.5 Å². The lowest BCUT2D eigenvalue weighted by atomic mass is 10.1. The minimum atomic E-state index is -0.327. The van der Waals surface area contributed by atoms with Gasteiger partial charge in [-0.1, -0.05) is 35.5 Å². The first kappa shape index (κ1) is 14.2. The van der Waals surface area contributed by atoms with Crippen LogP contribution in [-0.2, 0) is 6.42 Å². The van der Waals surface area contributed by atoms with E-state index in [0.29, 0.717) is 18.9 Å². The zero-order chi connectivity index (χ0) is 14.4. The summed E-state index contributed by atoms with van der Waals surface area (Å²) in [5.74, 6) is 0.0520. The average Bonchev–Trinajstić information content (AvgIpc) is 2.90. The molecule has 1 heterocycles. The molecule has 0 aliphatic rings. The molecule has 1 amide bonds. The molecule has 2 aromatic rings. The maximum absolute atomic E-state index is 12.2. The van der Waals surface area contributed by atoms with E-state index in [9.17, 15) is 4.79 Å². The van der Waals surface area contributed by atoms with Crippen LogP contribution >= 0.6 is 0 Å². The highest BCUT2D eigenvalue weighted by Crippen LogP contribution is 2.05. The van der Waals surface area contributed by atoms with Crippen molar-refractivity contribution >= 4 is 5.91 Å². The number of carbonyl (C=O) groups excluding carboxylic acids is 1. The van der Waals surface area contributed by atoms with Crippen molar-refractivity contribution in [1.82, 2.24) is 15.0 Å². The first-order valence-corrected chi connectivity index (χ1v) is 6.45. The van der Waals surface area contributed by atoms with Crippen LogP contribution in [0.5, 0.6) is 0 Å². The van der Waals surface area contributed by atoms with Crippen LogP contribution in [0.3, 0.4) is 0 Å². The molecule has 0 bridgehead atoms. The van der Waals surface area contributed by atoms with E-state index in [1.54, 1.807) is 6.92 Å². The molecule has 6 heteroatoms. The van der Waals surface area contributed by atoms with E-state index < -0.39 is 0 Å². The minimum absolute atomic E-state index is 0.0315. The second kappa shape index (κ2) is 6.81. The molecule has 0 spiro atoms. The molecule has 2 rings (SSSR count). The topological polar surface area (TPSA) is 79.5 Å². The Morgan fingerprint density at radius 3 is 2.65 bits per heavy atom. The van der Waals surface area contributed by atoms with E-state index in [1.807, 2.05) is 30.3 Å². The highest BCUT2D eigenvalue weighted by molar-refractivity contribution is 5.90. The SMILES string of the molecule is Cc1nc(C(=O)N(CCO)CCc2ccccc2)no1. The van der Waals surface area contributed by atoms with Gasteiger partial charge in [0.25, 0.3) is 11.7 Å². The van der Waals surface area contributed by atoms with E-state index in [4.69, 9.17) is 9.63 Å². The first-order chi connectivity index (χ1) is 9.70. The Bertz CT molecular complexity index is 554. The number of hydrogen-bond acceptors (Lipinski definition) is 5. The van der Waals surface area contributed by atoms with Crippen molar-refractivity contribution < 1.29 is 14.4 Å². The summed E-state index contributed by atoms with van der Waals surface area (Å²) in [5.41, 5.74) is 1.13. The van der Waals surface area contributed by atoms with E-state index in [2.05, 4.69) is 10.1 Å². The molecule has 1 N–H and O–H groups in total. The third-order valence-electron chi connectivity index (χ3n) is 2.89. The highest BCUT2D eigenvalue weighted by Gasteiger charge is 2.20. The summed E-state index contributed by atoms with van der Waals surface area (Å²) in [5, 5.41) is 12.7. The van der Waals surface area contributed by atoms with E-state index in [1.165, 1.54) is 4.90 Å². The van der Waals surface area contributed by atoms with Gasteiger partial charge in [0.1, 0.15) is 0 Å². The van der Waals surface area contributed by atoms with Gasteiger partial charge in [-0.25, -0.2) is 0 Å². The molecule has 0 aliphatic carbocycles. The van der Waals surface area contributed by atoms with Gasteiger partial charge in [0, 0.05) is 20.0 Å². The zero-order valence-electron chi connectivity index (χ0n) is 11.3. The van der Waals surface area contributed by atoms with Gasteiger partial charge in [0.15, 0.2) is 0 Å². The van der Waals surface area contributed by atoms with E-state index in [-0.39, 0.29) is 24.9 Å². The van der Waals surface area contributed by atoms with Crippen LogP contribution in [0, 0.1) is 6.92 Å². The second-order valence-electron chi connectivity index (χ2n) is 4.39. The number of carbonyl (C=O) groups is 1. The summed E-state index contributed by atoms with van der Waals surface area (Å²) in [6.07, 6.45) is 0.712. The maximum Gasteiger partial charge on any atom is 0.295 e. The normalized spacial score (nSPS) is 10.5. The van der Waals surface area contributed by atoms with Crippen molar-refractivity contribution in [3.8, 4) is 0 Å². The van der Waals surface area contributed by atoms with Gasteiger partial charge >= 0.3 is 0 Å². The van der Waals surface area contributed by atoms with Crippen molar-refractivity contribution in [2.75, 3.05) is 19.7 Å². The highest BCUT2D eigenvalue weighted by atomic mass is 16.5. The number of hydrogen-bond donors (Lipinski definition) is 1. The van der Waals surface area contributed by atoms with Gasteiger partial charge in [0.05, 0.1) is 6.61 Å². The third-order valence-corrected chi connectivity index (χ3v) is 2.89. The Hall–Kier alpha value is -2.21. The van der Waals surface area contributed by atoms with Crippen molar-refractivity contribution in [2.45, 2.75) is 13.3 Å². The molecular weight excluding hydrogens is 258 g/mol. The minimum Gasteiger partial charge on any atom is -0.395 e. The van der Waals surface area contributed by atoms with E-state index >= 15 is 0 Å². The zero-order valence-corrected chi connectivity index (χ0v) is 11.3. The Balaban J connectivity index is 2.01. The van der Waals surface area contributed by atoms with Crippen LogP contribution in [0.25, 0.3) is 0 Å². The molecule has 0 unspecified atom stereocenters. The summed E-state index contributed by atoms with van der Waals surface area (Å²) in [4.78, 5) is 17.6. The number of aryl methyl sites for hydroxylation is 1. The Morgan fingerprint density at radius 1 is 1.30 bits per heavy atom. The second-order valence-corrected chi connectivity index (χ2v) is 4.39. The molecular formula is C14H17N3O3. The first-order valence-electron chi connectivity index (χ1n) is 6.45. The number of nitrogens with zero attached hydrogens (tertiary/aromatic N) is 3. The molecule has 1 aromatic heterocycles. The van der Waals surface area contributed by atoms with Gasteiger partial charge in [-0.2, -0.15) is 4.98 Å². The molecule has 6 nitrogen and oxygen atoms in total. The molecule has 0 fully saturated rings. The summed E-state index contributed by atoms with van der Waals surface area (Å²) in [7, 11) is 0. The quantitative estimate of drug-likeness (QED) is 0.852. The average molecular weight is 275 g/mol. The molecule has 0 atom stereocenters. The molecule has 0 saturated carbocycles. The fourth-order valence-electron chi connectivity index (χ4n) is 1.87. The van der Waals surface area contributed by atoms with Crippen LogP contribution in [0.1, 0.15) is 22.1 Å². The Morgan fingerprint density at radius 2 is 2.05 bits per heavy atom. The number of amides is 1. The molecule has 0 saturated heterocycles. The van der Waals surface area contributed by atoms with Crippen LogP contribution < -0.4 is 0 Å². The summed E-state index contributed by atoms with van der Waals surface area (Å²) in [6, 6.07) is 9.86. The smallest absolute Gasteiger partial charge is 0.295 e. The molecule has 106 valence electrons. The number of aromatic nitrogens is 2. The number of benzene rings is 1. The number of aliphatic hydroxyl groups is 1. The standard InChI is InChI=1S/C14H17N3O3/c1-11-15-13(16-20-11)14(19)17(9-10-18)8-7-12-5-3-2-4-6-12/h2-6,18H,7-10H2,1H3. The van der Waals surface area contributed by atoms with Crippen LogP contribution in [0.4, 0.5) is 0 Å². The molecule has 1 aromatic carbocycles. The summed E-state index contributed by atoms with van der Waals surface area (Å²) in [6.45, 7) is 2.28. The van der Waals surface area contributed by atoms with Crippen LogP contribution in [0.15, 0.2) is 34.9 Å². The van der Waals surface area contributed by atoms with Gasteiger partial charge in [-0.15, -0.1) is 0 Å². The fraction of sp³-hybridized carbons (Fsp3) is 0.357. The molecule has 0 radical (unpaired) electrons. The van der Waals surface area contributed by atoms with Gasteiger partial charge in [0.2, 0.25) is 5.89 Å². The van der Waals surface area contributed by atoms with Crippen molar-refractivity contribution in [3.05, 3.63) is 47.6 Å². The molecule has 0 aliphatic heterocycles.